The number of aromatic amines is 1. The SMILES string of the molecule is Cc1cc(-c2ccc(Br)cc2C)c(C#N)c(=O)[nH]1. The lowest BCUT2D eigenvalue weighted by molar-refractivity contribution is 1.13. The van der Waals surface area contributed by atoms with Crippen molar-refractivity contribution in [1.82, 2.24) is 4.98 Å². The van der Waals surface area contributed by atoms with Gasteiger partial charge in [0.15, 0.2) is 0 Å². The average molecular weight is 303 g/mol. The molecule has 1 aromatic heterocycles. The van der Waals surface area contributed by atoms with Gasteiger partial charge >= 0.3 is 0 Å². The Labute approximate surface area is 113 Å². The highest BCUT2D eigenvalue weighted by atomic mass is 79.9. The molecule has 0 radical (unpaired) electrons. The number of pyridine rings is 1. The molecule has 0 fully saturated rings. The number of H-pyrrole nitrogens is 1. The fourth-order valence-electron chi connectivity index (χ4n) is 1.94. The van der Waals surface area contributed by atoms with Crippen molar-refractivity contribution >= 4 is 15.9 Å². The van der Waals surface area contributed by atoms with Gasteiger partial charge in [-0.15, -0.1) is 0 Å². The van der Waals surface area contributed by atoms with E-state index in [2.05, 4.69) is 20.9 Å². The molecule has 90 valence electrons. The first-order chi connectivity index (χ1) is 8.52. The van der Waals surface area contributed by atoms with E-state index in [-0.39, 0.29) is 11.1 Å². The van der Waals surface area contributed by atoms with E-state index in [4.69, 9.17) is 5.26 Å². The lowest BCUT2D eigenvalue weighted by Gasteiger charge is -2.09. The van der Waals surface area contributed by atoms with Crippen molar-refractivity contribution in [3.05, 3.63) is 55.9 Å². The summed E-state index contributed by atoms with van der Waals surface area (Å²) in [5, 5.41) is 9.12. The Hall–Kier alpha value is -1.86. The molecule has 4 heteroatoms. The lowest BCUT2D eigenvalue weighted by Crippen LogP contribution is -2.12. The minimum atomic E-state index is -0.338. The zero-order chi connectivity index (χ0) is 13.3. The number of nitriles is 1. The molecule has 0 spiro atoms. The molecule has 0 amide bonds. The lowest BCUT2D eigenvalue weighted by atomic mass is 9.97. The van der Waals surface area contributed by atoms with Crippen molar-refractivity contribution in [2.75, 3.05) is 0 Å². The smallest absolute Gasteiger partial charge is 0.266 e. The van der Waals surface area contributed by atoms with Crippen molar-refractivity contribution in [3.8, 4) is 17.2 Å². The van der Waals surface area contributed by atoms with Crippen LogP contribution in [0.15, 0.2) is 33.5 Å². The molecule has 0 bridgehead atoms. The minimum Gasteiger partial charge on any atom is -0.325 e. The van der Waals surface area contributed by atoms with Crippen LogP contribution in [0.4, 0.5) is 0 Å². The molecule has 0 saturated carbocycles. The second kappa shape index (κ2) is 4.79. The van der Waals surface area contributed by atoms with Crippen LogP contribution >= 0.6 is 15.9 Å². The molecule has 0 aliphatic heterocycles. The number of nitrogens with one attached hydrogen (secondary N) is 1. The van der Waals surface area contributed by atoms with Gasteiger partial charge in [-0.3, -0.25) is 4.79 Å². The van der Waals surface area contributed by atoms with Crippen LogP contribution in [-0.4, -0.2) is 4.98 Å². The van der Waals surface area contributed by atoms with Gasteiger partial charge in [-0.25, -0.2) is 0 Å². The number of rotatable bonds is 1. The maximum atomic E-state index is 11.8. The fourth-order valence-corrected chi connectivity index (χ4v) is 2.42. The largest absolute Gasteiger partial charge is 0.325 e. The van der Waals surface area contributed by atoms with Crippen LogP contribution in [-0.2, 0) is 0 Å². The van der Waals surface area contributed by atoms with Crippen LogP contribution in [0, 0.1) is 25.2 Å². The molecular weight excluding hydrogens is 292 g/mol. The van der Waals surface area contributed by atoms with Gasteiger partial charge in [0.1, 0.15) is 11.6 Å². The number of aryl methyl sites for hydroxylation is 2. The molecule has 0 saturated heterocycles. The topological polar surface area (TPSA) is 56.6 Å². The van der Waals surface area contributed by atoms with E-state index in [9.17, 15) is 4.79 Å². The first kappa shape index (κ1) is 12.6. The van der Waals surface area contributed by atoms with Crippen molar-refractivity contribution in [2.24, 2.45) is 0 Å². The van der Waals surface area contributed by atoms with Crippen LogP contribution in [0.25, 0.3) is 11.1 Å². The van der Waals surface area contributed by atoms with Gasteiger partial charge in [-0.2, -0.15) is 5.26 Å². The van der Waals surface area contributed by atoms with E-state index in [1.54, 1.807) is 6.92 Å². The molecule has 1 heterocycles. The normalized spacial score (nSPS) is 10.1. The van der Waals surface area contributed by atoms with Crippen molar-refractivity contribution in [2.45, 2.75) is 13.8 Å². The van der Waals surface area contributed by atoms with E-state index in [1.165, 1.54) is 0 Å². The van der Waals surface area contributed by atoms with Gasteiger partial charge in [0, 0.05) is 15.7 Å². The van der Waals surface area contributed by atoms with Crippen LogP contribution in [0.2, 0.25) is 0 Å². The predicted octanol–water partition coefficient (Wildman–Crippen LogP) is 3.29. The van der Waals surface area contributed by atoms with Gasteiger partial charge in [-0.05, 0) is 43.2 Å². The number of halogens is 1. The maximum absolute atomic E-state index is 11.8. The van der Waals surface area contributed by atoms with Gasteiger partial charge in [0.05, 0.1) is 0 Å². The van der Waals surface area contributed by atoms with Crippen LogP contribution in [0.3, 0.4) is 0 Å². The summed E-state index contributed by atoms with van der Waals surface area (Å²) >= 11 is 3.40. The standard InChI is InChI=1S/C14H11BrN2O/c1-8-5-10(15)3-4-11(8)12-6-9(2)17-14(18)13(12)7-16/h3-6H,1-2H3,(H,17,18). The summed E-state index contributed by atoms with van der Waals surface area (Å²) in [6, 6.07) is 9.58. The molecule has 0 unspecified atom stereocenters. The maximum Gasteiger partial charge on any atom is 0.266 e. The first-order valence-electron chi connectivity index (χ1n) is 5.43. The van der Waals surface area contributed by atoms with Crippen LogP contribution in [0.1, 0.15) is 16.8 Å². The molecule has 0 aliphatic rings. The molecule has 2 rings (SSSR count). The number of aromatic nitrogens is 1. The Morgan fingerprint density at radius 3 is 2.56 bits per heavy atom. The third-order valence-corrected chi connectivity index (χ3v) is 3.25. The molecule has 3 nitrogen and oxygen atoms in total. The van der Waals surface area contributed by atoms with Gasteiger partial charge in [0.2, 0.25) is 0 Å². The summed E-state index contributed by atoms with van der Waals surface area (Å²) in [5.41, 5.74) is 3.18. The van der Waals surface area contributed by atoms with Crippen molar-refractivity contribution in [1.29, 1.82) is 5.26 Å². The quantitative estimate of drug-likeness (QED) is 0.879. The zero-order valence-electron chi connectivity index (χ0n) is 10.0. The molecule has 18 heavy (non-hydrogen) atoms. The Bertz CT molecular complexity index is 711. The second-order valence-corrected chi connectivity index (χ2v) is 5.06. The van der Waals surface area contributed by atoms with Gasteiger partial charge in [0.25, 0.3) is 5.56 Å². The number of hydrogen-bond acceptors (Lipinski definition) is 2. The average Bonchev–Trinajstić information content (AvgIpc) is 2.28. The zero-order valence-corrected chi connectivity index (χ0v) is 11.6. The van der Waals surface area contributed by atoms with E-state index < -0.39 is 0 Å². The third kappa shape index (κ3) is 2.22. The summed E-state index contributed by atoms with van der Waals surface area (Å²) in [5.74, 6) is 0. The summed E-state index contributed by atoms with van der Waals surface area (Å²) in [4.78, 5) is 14.4. The highest BCUT2D eigenvalue weighted by molar-refractivity contribution is 9.10. The second-order valence-electron chi connectivity index (χ2n) is 4.14. The van der Waals surface area contributed by atoms with Crippen LogP contribution in [0.5, 0.6) is 0 Å². The van der Waals surface area contributed by atoms with Gasteiger partial charge < -0.3 is 4.98 Å². The summed E-state index contributed by atoms with van der Waals surface area (Å²) < 4.78 is 0.976. The number of benzene rings is 1. The van der Waals surface area contributed by atoms with Crippen molar-refractivity contribution < 1.29 is 0 Å². The van der Waals surface area contributed by atoms with Crippen molar-refractivity contribution in [3.63, 3.8) is 0 Å². The summed E-state index contributed by atoms with van der Waals surface area (Å²) in [7, 11) is 0. The number of hydrogen-bond donors (Lipinski definition) is 1. The highest BCUT2D eigenvalue weighted by Crippen LogP contribution is 2.27. The summed E-state index contributed by atoms with van der Waals surface area (Å²) in [6.45, 7) is 3.76. The molecule has 1 N–H and O–H groups in total. The Morgan fingerprint density at radius 2 is 1.94 bits per heavy atom. The predicted molar refractivity (Wildman–Crippen MR) is 74.4 cm³/mol. The summed E-state index contributed by atoms with van der Waals surface area (Å²) in [6.07, 6.45) is 0. The fraction of sp³-hybridized carbons (Fsp3) is 0.143. The molecular formula is C14H11BrN2O. The highest BCUT2D eigenvalue weighted by Gasteiger charge is 2.12. The first-order valence-corrected chi connectivity index (χ1v) is 6.23. The monoisotopic (exact) mass is 302 g/mol. The van der Waals surface area contributed by atoms with E-state index in [0.29, 0.717) is 5.56 Å². The Kier molecular flexibility index (Phi) is 3.35. The minimum absolute atomic E-state index is 0.158. The van der Waals surface area contributed by atoms with Crippen LogP contribution < -0.4 is 5.56 Å². The molecule has 1 aromatic carbocycles. The molecule has 0 atom stereocenters. The Balaban J connectivity index is 2.79. The third-order valence-electron chi connectivity index (χ3n) is 2.76. The Morgan fingerprint density at radius 1 is 1.22 bits per heavy atom. The van der Waals surface area contributed by atoms with Gasteiger partial charge in [-0.1, -0.05) is 22.0 Å². The number of nitrogens with zero attached hydrogens (tertiary/aromatic N) is 1. The molecule has 0 aliphatic carbocycles. The van der Waals surface area contributed by atoms with E-state index in [0.717, 1.165) is 21.3 Å². The van der Waals surface area contributed by atoms with E-state index in [1.807, 2.05) is 37.3 Å². The van der Waals surface area contributed by atoms with E-state index >= 15 is 0 Å². The molecule has 2 aromatic rings.